The van der Waals surface area contributed by atoms with Gasteiger partial charge in [-0.15, -0.1) is 10.2 Å². The van der Waals surface area contributed by atoms with E-state index in [0.717, 1.165) is 16.3 Å². The van der Waals surface area contributed by atoms with E-state index in [1.165, 1.54) is 23.1 Å². The summed E-state index contributed by atoms with van der Waals surface area (Å²) in [5.41, 5.74) is 0.960. The van der Waals surface area contributed by atoms with Gasteiger partial charge in [0.25, 0.3) is 0 Å². The molecule has 0 atom stereocenters. The number of nitrogens with zero attached hydrogens (tertiary/aromatic N) is 2. The number of esters is 1. The molecule has 0 aliphatic rings. The monoisotopic (exact) mass is 387 g/mol. The molecule has 0 aliphatic heterocycles. The first-order valence-corrected chi connectivity index (χ1v) is 9.84. The van der Waals surface area contributed by atoms with Crippen LogP contribution in [0.2, 0.25) is 0 Å². The summed E-state index contributed by atoms with van der Waals surface area (Å²) >= 11 is 2.48. The molecular weight excluding hydrogens is 370 g/mol. The lowest BCUT2D eigenvalue weighted by Gasteiger charge is -2.06. The van der Waals surface area contributed by atoms with Gasteiger partial charge in [-0.3, -0.25) is 9.59 Å². The fourth-order valence-electron chi connectivity index (χ4n) is 2.43. The van der Waals surface area contributed by atoms with Gasteiger partial charge in [-0.2, -0.15) is 0 Å². The van der Waals surface area contributed by atoms with Gasteiger partial charge in [0.1, 0.15) is 0 Å². The van der Waals surface area contributed by atoms with Crippen molar-refractivity contribution in [3.8, 4) is 0 Å². The maximum atomic E-state index is 12.3. The Labute approximate surface area is 159 Å². The first-order valence-electron chi connectivity index (χ1n) is 8.04. The second-order valence-electron chi connectivity index (χ2n) is 5.33. The van der Waals surface area contributed by atoms with Crippen LogP contribution < -0.4 is 5.32 Å². The van der Waals surface area contributed by atoms with Gasteiger partial charge < -0.3 is 10.1 Å². The van der Waals surface area contributed by atoms with Gasteiger partial charge in [-0.25, -0.2) is 0 Å². The molecule has 26 heavy (non-hydrogen) atoms. The number of thioether (sulfide) groups is 1. The summed E-state index contributed by atoms with van der Waals surface area (Å²) in [6.07, 6.45) is 0.256. The number of ether oxygens (including phenoxy) is 1. The van der Waals surface area contributed by atoms with Crippen molar-refractivity contribution >= 4 is 50.9 Å². The topological polar surface area (TPSA) is 81.2 Å². The third-order valence-electron chi connectivity index (χ3n) is 3.50. The van der Waals surface area contributed by atoms with Crippen molar-refractivity contribution in [2.24, 2.45) is 0 Å². The molecule has 2 aromatic carbocycles. The zero-order valence-electron chi connectivity index (χ0n) is 14.1. The van der Waals surface area contributed by atoms with E-state index < -0.39 is 0 Å². The molecule has 0 saturated heterocycles. The van der Waals surface area contributed by atoms with Gasteiger partial charge in [-0.1, -0.05) is 65.6 Å². The highest BCUT2D eigenvalue weighted by Gasteiger charge is 2.12. The first kappa shape index (κ1) is 18.3. The van der Waals surface area contributed by atoms with Crippen molar-refractivity contribution in [2.75, 3.05) is 17.7 Å². The highest BCUT2D eigenvalue weighted by atomic mass is 32.2. The van der Waals surface area contributed by atoms with Crippen molar-refractivity contribution in [2.45, 2.75) is 17.7 Å². The Morgan fingerprint density at radius 2 is 1.96 bits per heavy atom. The lowest BCUT2D eigenvalue weighted by Crippen LogP contribution is -2.14. The number of hydrogen-bond acceptors (Lipinski definition) is 7. The maximum absolute atomic E-state index is 12.3. The predicted molar refractivity (Wildman–Crippen MR) is 104 cm³/mol. The van der Waals surface area contributed by atoms with E-state index >= 15 is 0 Å². The lowest BCUT2D eigenvalue weighted by molar-refractivity contribution is -0.139. The van der Waals surface area contributed by atoms with Crippen LogP contribution in [-0.2, 0) is 20.7 Å². The Bertz CT molecular complexity index is 921. The molecule has 1 aromatic heterocycles. The number of anilines is 1. The molecule has 1 amide bonds. The van der Waals surface area contributed by atoms with E-state index in [-0.39, 0.29) is 24.1 Å². The summed E-state index contributed by atoms with van der Waals surface area (Å²) in [7, 11) is 0. The molecule has 1 heterocycles. The molecule has 3 rings (SSSR count). The standard InChI is InChI=1S/C18H17N3O3S2/c1-2-24-16(23)11-25-18-21-20-17(26-18)19-15(22)10-13-8-5-7-12-6-3-4-9-14(12)13/h3-9H,2,10-11H2,1H3,(H,19,20,22). The Balaban J connectivity index is 1.59. The van der Waals surface area contributed by atoms with Gasteiger partial charge in [0, 0.05) is 0 Å². The van der Waals surface area contributed by atoms with Crippen molar-refractivity contribution in [3.63, 3.8) is 0 Å². The fourth-order valence-corrected chi connectivity index (χ4v) is 3.99. The van der Waals surface area contributed by atoms with Crippen molar-refractivity contribution in [1.29, 1.82) is 0 Å². The minimum Gasteiger partial charge on any atom is -0.465 e. The fraction of sp³-hybridized carbons (Fsp3) is 0.222. The highest BCUT2D eigenvalue weighted by molar-refractivity contribution is 8.01. The number of fused-ring (bicyclic) bond motifs is 1. The molecule has 0 saturated carbocycles. The average molecular weight is 387 g/mol. The van der Waals surface area contributed by atoms with Gasteiger partial charge in [-0.05, 0) is 23.3 Å². The summed E-state index contributed by atoms with van der Waals surface area (Å²) in [5, 5.41) is 13.3. The van der Waals surface area contributed by atoms with E-state index in [2.05, 4.69) is 15.5 Å². The van der Waals surface area contributed by atoms with Crippen LogP contribution in [0.3, 0.4) is 0 Å². The summed E-state index contributed by atoms with van der Waals surface area (Å²) in [6, 6.07) is 13.9. The average Bonchev–Trinajstić information content (AvgIpc) is 3.08. The van der Waals surface area contributed by atoms with Crippen LogP contribution in [0.1, 0.15) is 12.5 Å². The lowest BCUT2D eigenvalue weighted by atomic mass is 10.0. The quantitative estimate of drug-likeness (QED) is 0.379. The largest absolute Gasteiger partial charge is 0.465 e. The van der Waals surface area contributed by atoms with Crippen LogP contribution in [0.5, 0.6) is 0 Å². The predicted octanol–water partition coefficient (Wildman–Crippen LogP) is 3.53. The van der Waals surface area contributed by atoms with Crippen molar-refractivity contribution in [3.05, 3.63) is 48.0 Å². The SMILES string of the molecule is CCOC(=O)CSc1nnc(NC(=O)Cc2cccc3ccccc23)s1. The molecule has 0 bridgehead atoms. The van der Waals surface area contributed by atoms with Gasteiger partial charge >= 0.3 is 5.97 Å². The Hall–Kier alpha value is -2.45. The smallest absolute Gasteiger partial charge is 0.316 e. The van der Waals surface area contributed by atoms with Gasteiger partial charge in [0.15, 0.2) is 4.34 Å². The number of benzene rings is 2. The first-order chi connectivity index (χ1) is 12.7. The number of nitrogens with one attached hydrogen (secondary N) is 1. The third-order valence-corrected chi connectivity index (χ3v) is 5.45. The van der Waals surface area contributed by atoms with Gasteiger partial charge in [0.2, 0.25) is 11.0 Å². The summed E-state index contributed by atoms with van der Waals surface area (Å²) in [6.45, 7) is 2.11. The maximum Gasteiger partial charge on any atom is 0.316 e. The minimum absolute atomic E-state index is 0.153. The second-order valence-corrected chi connectivity index (χ2v) is 7.53. The van der Waals surface area contributed by atoms with Crippen molar-refractivity contribution in [1.82, 2.24) is 10.2 Å². The number of aromatic nitrogens is 2. The Morgan fingerprint density at radius 3 is 2.81 bits per heavy atom. The van der Waals surface area contributed by atoms with Crippen LogP contribution in [0, 0.1) is 0 Å². The Morgan fingerprint density at radius 1 is 1.15 bits per heavy atom. The second kappa shape index (κ2) is 8.77. The zero-order chi connectivity index (χ0) is 18.4. The van der Waals surface area contributed by atoms with Gasteiger partial charge in [0.05, 0.1) is 18.8 Å². The highest BCUT2D eigenvalue weighted by Crippen LogP contribution is 2.26. The number of carbonyl (C=O) groups excluding carboxylic acids is 2. The molecule has 6 nitrogen and oxygen atoms in total. The third kappa shape index (κ3) is 4.80. The Kier molecular flexibility index (Phi) is 6.19. The molecular formula is C18H17N3O3S2. The van der Waals surface area contributed by atoms with E-state index in [1.807, 2.05) is 42.5 Å². The number of hydrogen-bond donors (Lipinski definition) is 1. The number of amides is 1. The van der Waals surface area contributed by atoms with E-state index in [0.29, 0.717) is 16.1 Å². The number of rotatable bonds is 7. The molecule has 0 spiro atoms. The molecule has 0 aliphatic carbocycles. The zero-order valence-corrected chi connectivity index (χ0v) is 15.7. The van der Waals surface area contributed by atoms with Crippen LogP contribution in [0.25, 0.3) is 10.8 Å². The summed E-state index contributed by atoms with van der Waals surface area (Å²) < 4.78 is 5.47. The van der Waals surface area contributed by atoms with Crippen molar-refractivity contribution < 1.29 is 14.3 Å². The number of carbonyl (C=O) groups is 2. The normalized spacial score (nSPS) is 10.7. The summed E-state index contributed by atoms with van der Waals surface area (Å²) in [4.78, 5) is 23.7. The molecule has 0 fully saturated rings. The molecule has 8 heteroatoms. The molecule has 0 radical (unpaired) electrons. The van der Waals surface area contributed by atoms with E-state index in [9.17, 15) is 9.59 Å². The van der Waals surface area contributed by atoms with Crippen LogP contribution in [0.4, 0.5) is 5.13 Å². The molecule has 1 N–H and O–H groups in total. The van der Waals surface area contributed by atoms with Crippen LogP contribution in [0.15, 0.2) is 46.8 Å². The molecule has 0 unspecified atom stereocenters. The summed E-state index contributed by atoms with van der Waals surface area (Å²) in [5.74, 6) is -0.277. The minimum atomic E-state index is -0.297. The van der Waals surface area contributed by atoms with Crippen LogP contribution >= 0.6 is 23.1 Å². The van der Waals surface area contributed by atoms with E-state index in [4.69, 9.17) is 4.74 Å². The van der Waals surface area contributed by atoms with E-state index in [1.54, 1.807) is 6.92 Å². The molecule has 3 aromatic rings. The van der Waals surface area contributed by atoms with Crippen LogP contribution in [-0.4, -0.2) is 34.4 Å². The molecule has 134 valence electrons.